The first kappa shape index (κ1) is 15.8. The lowest BCUT2D eigenvalue weighted by Crippen LogP contribution is -2.27. The van der Waals surface area contributed by atoms with Crippen LogP contribution < -0.4 is 5.32 Å². The van der Waals surface area contributed by atoms with Crippen molar-refractivity contribution >= 4 is 5.91 Å². The molecule has 6 heteroatoms. The van der Waals surface area contributed by atoms with Crippen molar-refractivity contribution in [2.45, 2.75) is 25.9 Å². The lowest BCUT2D eigenvalue weighted by atomic mass is 10.0. The van der Waals surface area contributed by atoms with E-state index >= 15 is 0 Å². The summed E-state index contributed by atoms with van der Waals surface area (Å²) in [5.41, 5.74) is -0.195. The third-order valence-electron chi connectivity index (χ3n) is 3.67. The summed E-state index contributed by atoms with van der Waals surface area (Å²) in [5, 5.41) is 2.68. The minimum atomic E-state index is -4.44. The maximum atomic E-state index is 12.7. The van der Waals surface area contributed by atoms with Gasteiger partial charge in [0.2, 0.25) is 0 Å². The molecule has 116 valence electrons. The Bertz CT molecular complexity index is 508. The molecule has 1 saturated heterocycles. The average molecular weight is 301 g/mol. The molecular formula is C15H18F3NO2. The van der Waals surface area contributed by atoms with Crippen LogP contribution in [-0.4, -0.2) is 25.7 Å². The van der Waals surface area contributed by atoms with E-state index in [1.165, 1.54) is 6.07 Å². The van der Waals surface area contributed by atoms with E-state index in [4.69, 9.17) is 4.74 Å². The smallest absolute Gasteiger partial charge is 0.381 e. The Kier molecular flexibility index (Phi) is 4.88. The molecule has 2 rings (SSSR count). The Morgan fingerprint density at radius 1 is 1.43 bits per heavy atom. The van der Waals surface area contributed by atoms with Crippen LogP contribution in [0, 0.1) is 12.8 Å². The highest BCUT2D eigenvalue weighted by Gasteiger charge is 2.31. The van der Waals surface area contributed by atoms with E-state index in [1.807, 2.05) is 0 Å². The summed E-state index contributed by atoms with van der Waals surface area (Å²) in [5.74, 6) is -0.0366. The number of rotatable bonds is 4. The lowest BCUT2D eigenvalue weighted by molar-refractivity contribution is -0.137. The van der Waals surface area contributed by atoms with Crippen molar-refractivity contribution in [3.8, 4) is 0 Å². The lowest BCUT2D eigenvalue weighted by Gasteiger charge is -2.12. The van der Waals surface area contributed by atoms with Gasteiger partial charge in [0, 0.05) is 25.3 Å². The molecule has 0 spiro atoms. The van der Waals surface area contributed by atoms with Gasteiger partial charge in [-0.15, -0.1) is 0 Å². The van der Waals surface area contributed by atoms with Crippen molar-refractivity contribution in [1.82, 2.24) is 5.32 Å². The van der Waals surface area contributed by atoms with Crippen molar-refractivity contribution in [2.24, 2.45) is 5.92 Å². The molecule has 1 aliphatic heterocycles. The summed E-state index contributed by atoms with van der Waals surface area (Å²) in [6, 6.07) is 3.22. The summed E-state index contributed by atoms with van der Waals surface area (Å²) in [7, 11) is 0. The van der Waals surface area contributed by atoms with Crippen molar-refractivity contribution in [1.29, 1.82) is 0 Å². The number of alkyl halides is 3. The summed E-state index contributed by atoms with van der Waals surface area (Å²) in [6.07, 6.45) is -2.69. The molecule has 1 fully saturated rings. The fraction of sp³-hybridized carbons (Fsp3) is 0.533. The maximum Gasteiger partial charge on any atom is 0.416 e. The van der Waals surface area contributed by atoms with Gasteiger partial charge in [-0.3, -0.25) is 4.79 Å². The van der Waals surface area contributed by atoms with Crippen LogP contribution >= 0.6 is 0 Å². The average Bonchev–Trinajstić information content (AvgIpc) is 2.91. The normalized spacial score (nSPS) is 18.8. The van der Waals surface area contributed by atoms with Crippen molar-refractivity contribution < 1.29 is 22.7 Å². The molecule has 0 bridgehead atoms. The van der Waals surface area contributed by atoms with Crippen LogP contribution in [0.1, 0.15) is 34.3 Å². The number of aryl methyl sites for hydroxylation is 1. The minimum absolute atomic E-state index is 0.0764. The molecule has 1 aromatic rings. The van der Waals surface area contributed by atoms with E-state index in [9.17, 15) is 18.0 Å². The number of benzene rings is 1. The topological polar surface area (TPSA) is 38.3 Å². The Morgan fingerprint density at radius 3 is 2.81 bits per heavy atom. The van der Waals surface area contributed by atoms with Crippen LogP contribution in [0.4, 0.5) is 13.2 Å². The highest BCUT2D eigenvalue weighted by molar-refractivity contribution is 5.95. The van der Waals surface area contributed by atoms with Gasteiger partial charge in [0.05, 0.1) is 5.56 Å². The summed E-state index contributed by atoms with van der Waals surface area (Å²) in [4.78, 5) is 12.0. The zero-order valence-corrected chi connectivity index (χ0v) is 11.8. The second-order valence-corrected chi connectivity index (χ2v) is 5.30. The van der Waals surface area contributed by atoms with Crippen molar-refractivity contribution in [3.63, 3.8) is 0 Å². The largest absolute Gasteiger partial charge is 0.416 e. The van der Waals surface area contributed by atoms with Crippen LogP contribution in [0.15, 0.2) is 18.2 Å². The number of carbonyl (C=O) groups is 1. The van der Waals surface area contributed by atoms with E-state index in [0.29, 0.717) is 24.6 Å². The highest BCUT2D eigenvalue weighted by Crippen LogP contribution is 2.30. The maximum absolute atomic E-state index is 12.7. The molecule has 0 saturated carbocycles. The van der Waals surface area contributed by atoms with Gasteiger partial charge in [-0.1, -0.05) is 6.07 Å². The van der Waals surface area contributed by atoms with Crippen LogP contribution in [0.25, 0.3) is 0 Å². The van der Waals surface area contributed by atoms with Crippen LogP contribution in [0.3, 0.4) is 0 Å². The first-order valence-electron chi connectivity index (χ1n) is 6.91. The van der Waals surface area contributed by atoms with Gasteiger partial charge < -0.3 is 10.1 Å². The number of carbonyl (C=O) groups excluding carboxylic acids is 1. The number of amides is 1. The van der Waals surface area contributed by atoms with Gasteiger partial charge >= 0.3 is 6.18 Å². The Balaban J connectivity index is 1.97. The molecular weight excluding hydrogens is 283 g/mol. The van der Waals surface area contributed by atoms with E-state index in [0.717, 1.165) is 31.6 Å². The number of nitrogens with one attached hydrogen (secondary N) is 1. The fourth-order valence-corrected chi connectivity index (χ4v) is 2.34. The van der Waals surface area contributed by atoms with Crippen LogP contribution in [-0.2, 0) is 10.9 Å². The molecule has 21 heavy (non-hydrogen) atoms. The molecule has 1 atom stereocenters. The van der Waals surface area contributed by atoms with E-state index in [2.05, 4.69) is 5.32 Å². The molecule has 1 aliphatic rings. The van der Waals surface area contributed by atoms with Gasteiger partial charge in [0.1, 0.15) is 0 Å². The molecule has 3 nitrogen and oxygen atoms in total. The third kappa shape index (κ3) is 4.20. The molecule has 0 aromatic heterocycles. The molecule has 1 N–H and O–H groups in total. The van der Waals surface area contributed by atoms with E-state index < -0.39 is 17.6 Å². The summed E-state index contributed by atoms with van der Waals surface area (Å²) >= 11 is 0. The fourth-order valence-electron chi connectivity index (χ4n) is 2.34. The Hall–Kier alpha value is -1.56. The second-order valence-electron chi connectivity index (χ2n) is 5.30. The van der Waals surface area contributed by atoms with Gasteiger partial charge in [-0.2, -0.15) is 13.2 Å². The molecule has 0 aliphatic carbocycles. The minimum Gasteiger partial charge on any atom is -0.381 e. The van der Waals surface area contributed by atoms with Crippen LogP contribution in [0.5, 0.6) is 0 Å². The molecule has 1 heterocycles. The second kappa shape index (κ2) is 6.47. The standard InChI is InChI=1S/C15H18F3NO2/c1-10-2-3-12(15(16,17)18)8-13(10)14(20)19-6-4-11-5-7-21-9-11/h2-3,8,11H,4-7,9H2,1H3,(H,19,20)/t11-/m1/s1. The highest BCUT2D eigenvalue weighted by atomic mass is 19.4. The molecule has 0 radical (unpaired) electrons. The third-order valence-corrected chi connectivity index (χ3v) is 3.67. The number of ether oxygens (including phenoxy) is 1. The molecule has 1 aromatic carbocycles. The zero-order chi connectivity index (χ0) is 15.5. The zero-order valence-electron chi connectivity index (χ0n) is 11.8. The predicted molar refractivity (Wildman–Crippen MR) is 72.1 cm³/mol. The Labute approximate surface area is 121 Å². The first-order chi connectivity index (χ1) is 9.88. The van der Waals surface area contributed by atoms with Gasteiger partial charge in [0.25, 0.3) is 5.91 Å². The van der Waals surface area contributed by atoms with Gasteiger partial charge in [-0.25, -0.2) is 0 Å². The number of halogens is 3. The van der Waals surface area contributed by atoms with Crippen molar-refractivity contribution in [2.75, 3.05) is 19.8 Å². The molecule has 1 amide bonds. The Morgan fingerprint density at radius 2 is 2.19 bits per heavy atom. The van der Waals surface area contributed by atoms with E-state index in [1.54, 1.807) is 6.92 Å². The monoisotopic (exact) mass is 301 g/mol. The number of hydrogen-bond acceptors (Lipinski definition) is 2. The van der Waals surface area contributed by atoms with Gasteiger partial charge in [-0.05, 0) is 43.4 Å². The molecule has 0 unspecified atom stereocenters. The SMILES string of the molecule is Cc1ccc(C(F)(F)F)cc1C(=O)NCC[C@@H]1CCOC1. The van der Waals surface area contributed by atoms with Gasteiger partial charge in [0.15, 0.2) is 0 Å². The van der Waals surface area contributed by atoms with E-state index in [-0.39, 0.29) is 5.56 Å². The summed E-state index contributed by atoms with van der Waals surface area (Å²) in [6.45, 7) is 3.51. The first-order valence-corrected chi connectivity index (χ1v) is 6.91. The van der Waals surface area contributed by atoms with Crippen molar-refractivity contribution in [3.05, 3.63) is 34.9 Å². The predicted octanol–water partition coefficient (Wildman–Crippen LogP) is 3.17. The quantitative estimate of drug-likeness (QED) is 0.927. The van der Waals surface area contributed by atoms with Crippen LogP contribution in [0.2, 0.25) is 0 Å². The number of hydrogen-bond donors (Lipinski definition) is 1. The summed E-state index contributed by atoms with van der Waals surface area (Å²) < 4.78 is 43.3.